The van der Waals surface area contributed by atoms with Crippen LogP contribution in [0, 0.1) is 0 Å². The number of rotatable bonds is 4. The van der Waals surface area contributed by atoms with Gasteiger partial charge >= 0.3 is 5.97 Å². The summed E-state index contributed by atoms with van der Waals surface area (Å²) in [5, 5.41) is 8.21. The maximum Gasteiger partial charge on any atom is 0.316 e. The molecule has 0 aromatic heterocycles. The molecule has 0 spiro atoms. The summed E-state index contributed by atoms with van der Waals surface area (Å²) in [7, 11) is 0. The number of hydrogen-bond acceptors (Lipinski definition) is 3. The van der Waals surface area contributed by atoms with Crippen molar-refractivity contribution >= 4 is 17.7 Å². The fourth-order valence-electron chi connectivity index (χ4n) is 0.488. The maximum absolute atomic E-state index is 10.3. The summed E-state index contributed by atoms with van der Waals surface area (Å²) in [4.78, 5) is 12.5. The van der Waals surface area contributed by atoms with E-state index in [4.69, 9.17) is 5.11 Å². The highest BCUT2D eigenvalue weighted by Gasteiger charge is 2.19. The second kappa shape index (κ2) is 3.25. The van der Waals surface area contributed by atoms with Crippen LogP contribution in [0.2, 0.25) is 0 Å². The van der Waals surface area contributed by atoms with Gasteiger partial charge in [0.1, 0.15) is 5.25 Å². The van der Waals surface area contributed by atoms with E-state index in [0.717, 1.165) is 19.0 Å². The normalized spacial score (nSPS) is 20.5. The Bertz CT molecular complexity index is 136. The van der Waals surface area contributed by atoms with E-state index in [1.807, 2.05) is 0 Å². The number of aliphatic carboxylic acids is 1. The molecule has 1 aliphatic rings. The molecule has 0 radical (unpaired) electrons. The fraction of sp³-hybridized carbons (Fsp3) is 0.833. The van der Waals surface area contributed by atoms with Crippen LogP contribution in [0.15, 0.2) is 0 Å². The van der Waals surface area contributed by atoms with Crippen LogP contribution in [-0.2, 0) is 4.79 Å². The average molecular weight is 161 g/mol. The second-order valence-electron chi connectivity index (χ2n) is 2.39. The molecule has 1 aliphatic heterocycles. The first-order chi connectivity index (χ1) is 4.70. The maximum atomic E-state index is 10.3. The SMILES string of the molecule is CC(SCN1CC1)C(=O)O. The molecule has 3 nitrogen and oxygen atoms in total. The van der Waals surface area contributed by atoms with Gasteiger partial charge in [-0.1, -0.05) is 0 Å². The van der Waals surface area contributed by atoms with Gasteiger partial charge in [0.25, 0.3) is 0 Å². The van der Waals surface area contributed by atoms with Gasteiger partial charge < -0.3 is 5.11 Å². The Hall–Kier alpha value is -0.220. The van der Waals surface area contributed by atoms with Gasteiger partial charge in [0, 0.05) is 19.0 Å². The molecule has 58 valence electrons. The summed E-state index contributed by atoms with van der Waals surface area (Å²) in [6.45, 7) is 4.00. The predicted octanol–water partition coefficient (Wildman–Crippen LogP) is 0.466. The van der Waals surface area contributed by atoms with E-state index in [2.05, 4.69) is 4.90 Å². The lowest BCUT2D eigenvalue weighted by Gasteiger charge is -2.04. The summed E-state index contributed by atoms with van der Waals surface area (Å²) in [5.41, 5.74) is 0. The van der Waals surface area contributed by atoms with E-state index < -0.39 is 5.97 Å². The Labute approximate surface area is 64.4 Å². The smallest absolute Gasteiger partial charge is 0.316 e. The number of carbonyl (C=O) groups is 1. The van der Waals surface area contributed by atoms with E-state index in [9.17, 15) is 4.79 Å². The third-order valence-corrected chi connectivity index (χ3v) is 2.61. The fourth-order valence-corrected chi connectivity index (χ4v) is 1.32. The van der Waals surface area contributed by atoms with Crippen LogP contribution < -0.4 is 0 Å². The van der Waals surface area contributed by atoms with Gasteiger partial charge in [0.05, 0.1) is 0 Å². The Morgan fingerprint density at radius 2 is 2.40 bits per heavy atom. The van der Waals surface area contributed by atoms with Crippen molar-refractivity contribution in [1.29, 1.82) is 0 Å². The van der Waals surface area contributed by atoms with E-state index in [1.165, 1.54) is 11.8 Å². The van der Waals surface area contributed by atoms with Crippen LogP contribution in [-0.4, -0.2) is 40.2 Å². The molecule has 1 saturated heterocycles. The topological polar surface area (TPSA) is 40.3 Å². The molecule has 1 N–H and O–H groups in total. The zero-order chi connectivity index (χ0) is 7.56. The molecule has 4 heteroatoms. The highest BCUT2D eigenvalue weighted by atomic mass is 32.2. The van der Waals surface area contributed by atoms with Crippen LogP contribution >= 0.6 is 11.8 Å². The minimum atomic E-state index is -0.716. The molecule has 0 saturated carbocycles. The van der Waals surface area contributed by atoms with Crippen molar-refractivity contribution in [3.63, 3.8) is 0 Å². The van der Waals surface area contributed by atoms with Crippen LogP contribution in [0.5, 0.6) is 0 Å². The Morgan fingerprint density at radius 1 is 1.80 bits per heavy atom. The third kappa shape index (κ3) is 2.58. The number of thioether (sulfide) groups is 1. The second-order valence-corrected chi connectivity index (χ2v) is 3.69. The van der Waals surface area contributed by atoms with Crippen LogP contribution in [0.4, 0.5) is 0 Å². The first kappa shape index (κ1) is 7.88. The van der Waals surface area contributed by atoms with Crippen molar-refractivity contribution < 1.29 is 9.90 Å². The Balaban J connectivity index is 2.05. The summed E-state index contributed by atoms with van der Waals surface area (Å²) in [6.07, 6.45) is 0. The molecule has 0 amide bonds. The Kier molecular flexibility index (Phi) is 2.56. The van der Waals surface area contributed by atoms with E-state index in [-0.39, 0.29) is 5.25 Å². The lowest BCUT2D eigenvalue weighted by molar-refractivity contribution is -0.136. The van der Waals surface area contributed by atoms with Crippen molar-refractivity contribution in [2.24, 2.45) is 0 Å². The quantitative estimate of drug-likeness (QED) is 0.608. The van der Waals surface area contributed by atoms with Gasteiger partial charge in [0.15, 0.2) is 0 Å². The molecule has 0 bridgehead atoms. The summed E-state index contributed by atoms with van der Waals surface area (Å²) >= 11 is 1.48. The molecule has 0 aromatic rings. The standard InChI is InChI=1S/C6H11NO2S/c1-5(6(8)9)10-4-7-2-3-7/h5H,2-4H2,1H3,(H,8,9). The van der Waals surface area contributed by atoms with Crippen LogP contribution in [0.3, 0.4) is 0 Å². The van der Waals surface area contributed by atoms with E-state index >= 15 is 0 Å². The number of hydrogen-bond donors (Lipinski definition) is 1. The molecule has 0 aliphatic carbocycles. The zero-order valence-electron chi connectivity index (χ0n) is 5.91. The minimum absolute atomic E-state index is 0.263. The van der Waals surface area contributed by atoms with Gasteiger partial charge in [-0.2, -0.15) is 0 Å². The first-order valence-corrected chi connectivity index (χ1v) is 4.32. The molecular formula is C6H11NO2S. The predicted molar refractivity (Wildman–Crippen MR) is 41.1 cm³/mol. The number of carboxylic acid groups (broad SMARTS) is 1. The van der Waals surface area contributed by atoms with Crippen molar-refractivity contribution in [1.82, 2.24) is 4.90 Å². The van der Waals surface area contributed by atoms with Crippen molar-refractivity contribution in [3.8, 4) is 0 Å². The lowest BCUT2D eigenvalue weighted by atomic mass is 10.5. The molecule has 1 unspecified atom stereocenters. The minimum Gasteiger partial charge on any atom is -0.480 e. The summed E-state index contributed by atoms with van der Waals surface area (Å²) < 4.78 is 0. The average Bonchev–Trinajstić information content (AvgIpc) is 2.64. The molecule has 1 fully saturated rings. The highest BCUT2D eigenvalue weighted by Crippen LogP contribution is 2.16. The summed E-state index contributed by atoms with van der Waals surface area (Å²) in [6, 6.07) is 0. The van der Waals surface area contributed by atoms with Gasteiger partial charge in [-0.15, -0.1) is 11.8 Å². The molecule has 1 heterocycles. The third-order valence-electron chi connectivity index (χ3n) is 1.39. The molecule has 0 aromatic carbocycles. The lowest BCUT2D eigenvalue weighted by Crippen LogP contribution is -2.13. The van der Waals surface area contributed by atoms with Crippen molar-refractivity contribution in [2.75, 3.05) is 19.0 Å². The zero-order valence-corrected chi connectivity index (χ0v) is 6.73. The van der Waals surface area contributed by atoms with Gasteiger partial charge in [0.2, 0.25) is 0 Å². The Morgan fingerprint density at radius 3 is 2.80 bits per heavy atom. The van der Waals surface area contributed by atoms with Crippen molar-refractivity contribution in [3.05, 3.63) is 0 Å². The van der Waals surface area contributed by atoms with Crippen molar-refractivity contribution in [2.45, 2.75) is 12.2 Å². The highest BCUT2D eigenvalue weighted by molar-refractivity contribution is 8.00. The first-order valence-electron chi connectivity index (χ1n) is 3.27. The largest absolute Gasteiger partial charge is 0.480 e. The number of carboxylic acids is 1. The van der Waals surface area contributed by atoms with Crippen LogP contribution in [0.1, 0.15) is 6.92 Å². The van der Waals surface area contributed by atoms with Crippen LogP contribution in [0.25, 0.3) is 0 Å². The molecule has 1 atom stereocenters. The van der Waals surface area contributed by atoms with Gasteiger partial charge in [-0.3, -0.25) is 9.69 Å². The van der Waals surface area contributed by atoms with Gasteiger partial charge in [-0.25, -0.2) is 0 Å². The molecule has 10 heavy (non-hydrogen) atoms. The van der Waals surface area contributed by atoms with E-state index in [1.54, 1.807) is 6.92 Å². The molecule has 1 rings (SSSR count). The number of nitrogens with zero attached hydrogens (tertiary/aromatic N) is 1. The van der Waals surface area contributed by atoms with Gasteiger partial charge in [-0.05, 0) is 6.92 Å². The summed E-state index contributed by atoms with van der Waals surface area (Å²) in [5.74, 6) is 0.153. The van der Waals surface area contributed by atoms with E-state index in [0.29, 0.717) is 0 Å². The molecular weight excluding hydrogens is 150 g/mol. The monoisotopic (exact) mass is 161 g/mol.